The number of esters is 1. The minimum atomic E-state index is -1.51. The average molecular weight is 398 g/mol. The van der Waals surface area contributed by atoms with Crippen molar-refractivity contribution >= 4 is 17.5 Å². The van der Waals surface area contributed by atoms with Crippen molar-refractivity contribution in [3.8, 4) is 0 Å². The average Bonchev–Trinajstić information content (AvgIpc) is 2.88. The summed E-state index contributed by atoms with van der Waals surface area (Å²) < 4.78 is 4.95. The summed E-state index contributed by atoms with van der Waals surface area (Å²) >= 11 is 0. The van der Waals surface area contributed by atoms with Crippen molar-refractivity contribution in [2.24, 2.45) is 28.6 Å². The molecule has 4 aliphatic rings. The van der Waals surface area contributed by atoms with Crippen molar-refractivity contribution in [2.45, 2.75) is 59.0 Å². The lowest BCUT2D eigenvalue weighted by molar-refractivity contribution is -0.167. The van der Waals surface area contributed by atoms with Crippen molar-refractivity contribution in [2.75, 3.05) is 6.61 Å². The molecule has 1 N–H and O–H groups in total. The molecule has 0 radical (unpaired) electrons. The van der Waals surface area contributed by atoms with Gasteiger partial charge in [0.25, 0.3) is 0 Å². The van der Waals surface area contributed by atoms with Gasteiger partial charge in [-0.1, -0.05) is 37.1 Å². The topological polar surface area (TPSA) is 80.7 Å². The van der Waals surface area contributed by atoms with E-state index in [-0.39, 0.29) is 35.6 Å². The molecule has 0 unspecified atom stereocenters. The molecular weight excluding hydrogens is 368 g/mol. The molecule has 2 saturated carbocycles. The van der Waals surface area contributed by atoms with Gasteiger partial charge >= 0.3 is 5.97 Å². The number of rotatable bonds is 3. The highest BCUT2D eigenvalue weighted by Crippen LogP contribution is 2.66. The Bertz CT molecular complexity index is 880. The number of Topliss-reactive ketones (excluding diaryl/α,β-unsaturated/α-hetero) is 1. The van der Waals surface area contributed by atoms with Gasteiger partial charge in [0.15, 0.2) is 12.4 Å². The van der Waals surface area contributed by atoms with Crippen LogP contribution in [-0.2, 0) is 19.1 Å². The molecule has 5 heteroatoms. The van der Waals surface area contributed by atoms with Gasteiger partial charge in [-0.15, -0.1) is 0 Å². The van der Waals surface area contributed by atoms with Crippen LogP contribution in [0.3, 0.4) is 0 Å². The van der Waals surface area contributed by atoms with Crippen LogP contribution in [0.4, 0.5) is 0 Å². The van der Waals surface area contributed by atoms with Crippen molar-refractivity contribution < 1.29 is 24.2 Å². The maximum absolute atomic E-state index is 13.0. The fourth-order valence-electron chi connectivity index (χ4n) is 6.74. The van der Waals surface area contributed by atoms with Crippen LogP contribution in [0.15, 0.2) is 35.5 Å². The second kappa shape index (κ2) is 6.49. The number of ketones is 2. The number of ether oxygens (including phenoxy) is 1. The fraction of sp³-hybridized carbons (Fsp3) is 0.625. The molecular formula is C24H30O5. The highest BCUT2D eigenvalue weighted by atomic mass is 16.5. The molecule has 0 amide bonds. The third-order valence-electron chi connectivity index (χ3n) is 8.36. The SMILES string of the molecule is CC(=O)OCC(=O)[C@@]1(O)[C@H](C)C[C@H]2[C@@H]3CCC4=CC(=O)C=C[C@]4(C)C3=CC[C@@]21C. The lowest BCUT2D eigenvalue weighted by atomic mass is 9.51. The zero-order chi connectivity index (χ0) is 21.2. The first-order valence-electron chi connectivity index (χ1n) is 10.6. The summed E-state index contributed by atoms with van der Waals surface area (Å²) in [6.07, 6.45) is 10.8. The summed E-state index contributed by atoms with van der Waals surface area (Å²) in [6, 6.07) is 0. The zero-order valence-corrected chi connectivity index (χ0v) is 17.7. The number of hydrogen-bond acceptors (Lipinski definition) is 5. The summed E-state index contributed by atoms with van der Waals surface area (Å²) in [5, 5.41) is 11.7. The predicted octanol–water partition coefficient (Wildman–Crippen LogP) is 3.32. The number of carbonyl (C=O) groups is 3. The minimum absolute atomic E-state index is 0.0529. The summed E-state index contributed by atoms with van der Waals surface area (Å²) in [4.78, 5) is 36.1. The summed E-state index contributed by atoms with van der Waals surface area (Å²) in [5.41, 5.74) is 0.145. The zero-order valence-electron chi connectivity index (χ0n) is 17.7. The highest BCUT2D eigenvalue weighted by molar-refractivity contribution is 6.01. The maximum Gasteiger partial charge on any atom is 0.303 e. The number of fused-ring (bicyclic) bond motifs is 5. The lowest BCUT2D eigenvalue weighted by Gasteiger charge is -2.53. The van der Waals surface area contributed by atoms with E-state index in [4.69, 9.17) is 4.74 Å². The van der Waals surface area contributed by atoms with Crippen LogP contribution < -0.4 is 0 Å². The van der Waals surface area contributed by atoms with Gasteiger partial charge in [-0.2, -0.15) is 0 Å². The molecule has 0 aromatic carbocycles. The second-order valence-corrected chi connectivity index (χ2v) is 9.75. The molecule has 6 atom stereocenters. The van der Waals surface area contributed by atoms with E-state index in [0.29, 0.717) is 6.42 Å². The molecule has 5 nitrogen and oxygen atoms in total. The fourth-order valence-corrected chi connectivity index (χ4v) is 6.74. The van der Waals surface area contributed by atoms with Gasteiger partial charge in [0.05, 0.1) is 0 Å². The molecule has 0 heterocycles. The van der Waals surface area contributed by atoms with Crippen molar-refractivity contribution in [3.05, 3.63) is 35.5 Å². The van der Waals surface area contributed by atoms with E-state index in [9.17, 15) is 19.5 Å². The smallest absolute Gasteiger partial charge is 0.303 e. The molecule has 0 saturated heterocycles. The lowest BCUT2D eigenvalue weighted by Crippen LogP contribution is -2.57. The van der Waals surface area contributed by atoms with E-state index in [1.807, 2.05) is 19.9 Å². The Morgan fingerprint density at radius 3 is 2.72 bits per heavy atom. The molecule has 0 bridgehead atoms. The molecule has 0 spiro atoms. The van der Waals surface area contributed by atoms with E-state index in [1.165, 1.54) is 18.1 Å². The second-order valence-electron chi connectivity index (χ2n) is 9.75. The quantitative estimate of drug-likeness (QED) is 0.583. The van der Waals surface area contributed by atoms with E-state index in [0.717, 1.165) is 19.3 Å². The number of carbonyl (C=O) groups excluding carboxylic acids is 3. The van der Waals surface area contributed by atoms with Crippen molar-refractivity contribution in [1.29, 1.82) is 0 Å². The summed E-state index contributed by atoms with van der Waals surface area (Å²) in [6.45, 7) is 7.03. The van der Waals surface area contributed by atoms with E-state index in [1.54, 1.807) is 12.2 Å². The third kappa shape index (κ3) is 2.66. The van der Waals surface area contributed by atoms with E-state index < -0.39 is 22.8 Å². The molecule has 4 rings (SSSR count). The van der Waals surface area contributed by atoms with Crippen LogP contribution in [0.1, 0.15) is 53.4 Å². The summed E-state index contributed by atoms with van der Waals surface area (Å²) in [5.74, 6) is -0.621. The van der Waals surface area contributed by atoms with E-state index >= 15 is 0 Å². The van der Waals surface area contributed by atoms with Gasteiger partial charge in [0.2, 0.25) is 5.78 Å². The molecule has 2 fully saturated rings. The largest absolute Gasteiger partial charge is 0.458 e. The number of allylic oxidation sites excluding steroid dienone is 6. The van der Waals surface area contributed by atoms with Crippen LogP contribution in [0, 0.1) is 28.6 Å². The maximum atomic E-state index is 13.0. The van der Waals surface area contributed by atoms with Crippen LogP contribution >= 0.6 is 0 Å². The van der Waals surface area contributed by atoms with E-state index in [2.05, 4.69) is 13.0 Å². The van der Waals surface area contributed by atoms with Gasteiger partial charge < -0.3 is 9.84 Å². The standard InChI is InChI=1S/C24H30O5/c1-14-11-20-18-6-5-16-12-17(26)7-9-22(16,3)19(18)8-10-23(20,4)24(14,28)21(27)13-29-15(2)25/h7-9,12,14,18,20,28H,5-6,10-11,13H2,1-4H3/t14-,18-,20+,22+,23+,24+/m1/s1. The first-order chi connectivity index (χ1) is 13.5. The molecule has 0 aromatic rings. The van der Waals surface area contributed by atoms with Crippen molar-refractivity contribution in [3.63, 3.8) is 0 Å². The van der Waals surface area contributed by atoms with Crippen LogP contribution in [0.2, 0.25) is 0 Å². The van der Waals surface area contributed by atoms with Gasteiger partial charge in [-0.25, -0.2) is 0 Å². The third-order valence-corrected chi connectivity index (χ3v) is 8.36. The van der Waals surface area contributed by atoms with Gasteiger partial charge in [0, 0.05) is 17.8 Å². The Morgan fingerprint density at radius 1 is 1.31 bits per heavy atom. The van der Waals surface area contributed by atoms with Crippen LogP contribution in [0.25, 0.3) is 0 Å². The first-order valence-corrected chi connectivity index (χ1v) is 10.6. The van der Waals surface area contributed by atoms with Crippen LogP contribution in [0.5, 0.6) is 0 Å². The number of aliphatic hydroxyl groups is 1. The Kier molecular flexibility index (Phi) is 4.54. The summed E-state index contributed by atoms with van der Waals surface area (Å²) in [7, 11) is 0. The molecule has 29 heavy (non-hydrogen) atoms. The van der Waals surface area contributed by atoms with Crippen molar-refractivity contribution in [1.82, 2.24) is 0 Å². The molecule has 0 aromatic heterocycles. The normalized spacial score (nSPS) is 42.9. The Morgan fingerprint density at radius 2 is 2.03 bits per heavy atom. The highest BCUT2D eigenvalue weighted by Gasteiger charge is 2.67. The monoisotopic (exact) mass is 398 g/mol. The molecule has 0 aliphatic heterocycles. The van der Waals surface area contributed by atoms with Gasteiger partial charge in [-0.3, -0.25) is 14.4 Å². The first kappa shape index (κ1) is 20.3. The Labute approximate surface area is 171 Å². The number of hydrogen-bond donors (Lipinski definition) is 1. The predicted molar refractivity (Wildman–Crippen MR) is 108 cm³/mol. The van der Waals surface area contributed by atoms with Crippen LogP contribution in [-0.4, -0.2) is 34.9 Å². The minimum Gasteiger partial charge on any atom is -0.458 e. The van der Waals surface area contributed by atoms with Gasteiger partial charge in [0.1, 0.15) is 5.60 Å². The van der Waals surface area contributed by atoms with Gasteiger partial charge in [-0.05, 0) is 62.5 Å². The Hall–Kier alpha value is -2.01. The Balaban J connectivity index is 1.71. The molecule has 4 aliphatic carbocycles. The molecule has 156 valence electrons.